The van der Waals surface area contributed by atoms with Gasteiger partial charge in [0.25, 0.3) is 5.24 Å². The van der Waals surface area contributed by atoms with E-state index < -0.39 is 12.0 Å². The first-order chi connectivity index (χ1) is 9.54. The Bertz CT molecular complexity index is 561. The Labute approximate surface area is 120 Å². The standard InChI is InChI=1S/C13H14N2O4S/c1-15(11(16)9-7-20-13(18)14-9)10-6-4-3-5-8(10)12(17)19-2/h3-6,9H,7H2,1-2H3,(H,14,18). The summed E-state index contributed by atoms with van der Waals surface area (Å²) in [5, 5.41) is 2.37. The summed E-state index contributed by atoms with van der Waals surface area (Å²) in [7, 11) is 2.86. The minimum atomic E-state index is -0.566. The van der Waals surface area contributed by atoms with E-state index in [-0.39, 0.29) is 11.1 Å². The average Bonchev–Trinajstić information content (AvgIpc) is 2.91. The number of hydrogen-bond donors (Lipinski definition) is 1. The number of para-hydroxylation sites is 1. The number of benzene rings is 1. The van der Waals surface area contributed by atoms with Crippen LogP contribution in [0.25, 0.3) is 0 Å². The molecule has 106 valence electrons. The van der Waals surface area contributed by atoms with E-state index in [0.29, 0.717) is 17.0 Å². The molecular formula is C13H14N2O4S. The zero-order valence-electron chi connectivity index (χ0n) is 11.1. The number of rotatable bonds is 3. The number of thioether (sulfide) groups is 1. The van der Waals surface area contributed by atoms with E-state index in [0.717, 1.165) is 11.8 Å². The van der Waals surface area contributed by atoms with Gasteiger partial charge in [-0.2, -0.15) is 0 Å². The SMILES string of the molecule is COC(=O)c1ccccc1N(C)C(=O)C1CSC(=O)N1. The zero-order valence-corrected chi connectivity index (χ0v) is 11.9. The molecule has 1 atom stereocenters. The number of esters is 1. The van der Waals surface area contributed by atoms with Crippen molar-refractivity contribution in [2.75, 3.05) is 24.8 Å². The number of likely N-dealkylation sites (N-methyl/N-ethyl adjacent to an activating group) is 1. The van der Waals surface area contributed by atoms with Crippen molar-refractivity contribution in [2.24, 2.45) is 0 Å². The lowest BCUT2D eigenvalue weighted by atomic mass is 10.1. The molecule has 1 aliphatic rings. The highest BCUT2D eigenvalue weighted by molar-refractivity contribution is 8.14. The summed E-state index contributed by atoms with van der Waals surface area (Å²) in [4.78, 5) is 36.5. The molecule has 1 fully saturated rings. The number of methoxy groups -OCH3 is 1. The Hall–Kier alpha value is -2.02. The van der Waals surface area contributed by atoms with Gasteiger partial charge in [-0.3, -0.25) is 9.59 Å². The molecule has 6 nitrogen and oxygen atoms in total. The van der Waals surface area contributed by atoms with Gasteiger partial charge in [-0.1, -0.05) is 23.9 Å². The highest BCUT2D eigenvalue weighted by Crippen LogP contribution is 2.22. The second kappa shape index (κ2) is 5.96. The highest BCUT2D eigenvalue weighted by Gasteiger charge is 2.31. The number of carbonyl (C=O) groups excluding carboxylic acids is 3. The fourth-order valence-corrected chi connectivity index (χ4v) is 2.69. The maximum atomic E-state index is 12.3. The Morgan fingerprint density at radius 2 is 2.10 bits per heavy atom. The zero-order chi connectivity index (χ0) is 14.7. The first-order valence-electron chi connectivity index (χ1n) is 5.92. The van der Waals surface area contributed by atoms with Crippen molar-refractivity contribution >= 4 is 34.6 Å². The van der Waals surface area contributed by atoms with Crippen molar-refractivity contribution in [3.63, 3.8) is 0 Å². The number of hydrogen-bond acceptors (Lipinski definition) is 5. The summed E-state index contributed by atoms with van der Waals surface area (Å²) >= 11 is 1.07. The fraction of sp³-hybridized carbons (Fsp3) is 0.308. The molecule has 2 rings (SSSR count). The third-order valence-electron chi connectivity index (χ3n) is 2.97. The van der Waals surface area contributed by atoms with Gasteiger partial charge < -0.3 is 15.0 Å². The second-order valence-corrected chi connectivity index (χ2v) is 5.19. The lowest BCUT2D eigenvalue weighted by Crippen LogP contribution is -2.44. The fourth-order valence-electron chi connectivity index (χ4n) is 1.92. The van der Waals surface area contributed by atoms with E-state index >= 15 is 0 Å². The molecule has 0 saturated carbocycles. The summed E-state index contributed by atoms with van der Waals surface area (Å²) in [6.07, 6.45) is 0. The van der Waals surface area contributed by atoms with Gasteiger partial charge in [0, 0.05) is 12.8 Å². The third kappa shape index (κ3) is 2.77. The number of amides is 2. The lowest BCUT2D eigenvalue weighted by molar-refractivity contribution is -0.119. The molecule has 1 unspecified atom stereocenters. The van der Waals surface area contributed by atoms with Crippen LogP contribution in [-0.4, -0.2) is 43.1 Å². The molecule has 0 aromatic heterocycles. The predicted molar refractivity (Wildman–Crippen MR) is 76.0 cm³/mol. The van der Waals surface area contributed by atoms with Crippen molar-refractivity contribution < 1.29 is 19.1 Å². The van der Waals surface area contributed by atoms with Crippen LogP contribution in [-0.2, 0) is 9.53 Å². The molecule has 2 amide bonds. The Morgan fingerprint density at radius 3 is 2.70 bits per heavy atom. The second-order valence-electron chi connectivity index (χ2n) is 4.20. The van der Waals surface area contributed by atoms with Crippen LogP contribution in [0.5, 0.6) is 0 Å². The summed E-state index contributed by atoms with van der Waals surface area (Å²) < 4.78 is 4.70. The summed E-state index contributed by atoms with van der Waals surface area (Å²) in [5.74, 6) is -0.382. The van der Waals surface area contributed by atoms with E-state index in [2.05, 4.69) is 5.32 Å². The van der Waals surface area contributed by atoms with Crippen LogP contribution in [0, 0.1) is 0 Å². The van der Waals surface area contributed by atoms with E-state index in [9.17, 15) is 14.4 Å². The molecule has 1 N–H and O–H groups in total. The highest BCUT2D eigenvalue weighted by atomic mass is 32.2. The quantitative estimate of drug-likeness (QED) is 0.849. The van der Waals surface area contributed by atoms with Crippen LogP contribution in [0.15, 0.2) is 24.3 Å². The number of nitrogens with one attached hydrogen (secondary N) is 1. The largest absolute Gasteiger partial charge is 0.465 e. The number of nitrogens with zero attached hydrogens (tertiary/aromatic N) is 1. The predicted octanol–water partition coefficient (Wildman–Crippen LogP) is 1.26. The monoisotopic (exact) mass is 294 g/mol. The molecular weight excluding hydrogens is 280 g/mol. The molecule has 0 spiro atoms. The van der Waals surface area contributed by atoms with E-state index in [1.165, 1.54) is 12.0 Å². The summed E-state index contributed by atoms with van der Waals surface area (Å²) in [5.41, 5.74) is 0.762. The van der Waals surface area contributed by atoms with Gasteiger partial charge in [0.05, 0.1) is 18.4 Å². The normalized spacial score (nSPS) is 17.5. The summed E-state index contributed by atoms with van der Waals surface area (Å²) in [6, 6.07) is 6.11. The maximum absolute atomic E-state index is 12.3. The third-order valence-corrected chi connectivity index (χ3v) is 3.85. The van der Waals surface area contributed by atoms with Crippen molar-refractivity contribution in [1.82, 2.24) is 5.32 Å². The molecule has 1 heterocycles. The van der Waals surface area contributed by atoms with Gasteiger partial charge in [0.15, 0.2) is 0 Å². The Kier molecular flexibility index (Phi) is 4.29. The first kappa shape index (κ1) is 14.4. The minimum absolute atomic E-state index is 0.210. The van der Waals surface area contributed by atoms with E-state index in [1.807, 2.05) is 0 Å². The van der Waals surface area contributed by atoms with Crippen LogP contribution in [0.2, 0.25) is 0 Å². The Balaban J connectivity index is 2.24. The topological polar surface area (TPSA) is 75.7 Å². The molecule has 7 heteroatoms. The van der Waals surface area contributed by atoms with Gasteiger partial charge in [-0.15, -0.1) is 0 Å². The van der Waals surface area contributed by atoms with Crippen molar-refractivity contribution in [3.05, 3.63) is 29.8 Å². The molecule has 1 aliphatic heterocycles. The number of ether oxygens (including phenoxy) is 1. The summed E-state index contributed by atoms with van der Waals surface area (Å²) in [6.45, 7) is 0. The minimum Gasteiger partial charge on any atom is -0.465 e. The number of anilines is 1. The molecule has 1 saturated heterocycles. The molecule has 1 aromatic rings. The van der Waals surface area contributed by atoms with Crippen LogP contribution in [0.3, 0.4) is 0 Å². The van der Waals surface area contributed by atoms with Crippen molar-refractivity contribution in [3.8, 4) is 0 Å². The lowest BCUT2D eigenvalue weighted by Gasteiger charge is -2.22. The molecule has 1 aromatic carbocycles. The van der Waals surface area contributed by atoms with Crippen molar-refractivity contribution in [2.45, 2.75) is 6.04 Å². The van der Waals surface area contributed by atoms with Gasteiger partial charge in [-0.05, 0) is 12.1 Å². The van der Waals surface area contributed by atoms with Gasteiger partial charge in [0.2, 0.25) is 5.91 Å². The van der Waals surface area contributed by atoms with Gasteiger partial charge in [-0.25, -0.2) is 4.79 Å². The maximum Gasteiger partial charge on any atom is 0.339 e. The average molecular weight is 294 g/mol. The smallest absolute Gasteiger partial charge is 0.339 e. The van der Waals surface area contributed by atoms with Crippen molar-refractivity contribution in [1.29, 1.82) is 0 Å². The van der Waals surface area contributed by atoms with Crippen LogP contribution in [0.1, 0.15) is 10.4 Å². The molecule has 0 bridgehead atoms. The van der Waals surface area contributed by atoms with E-state index in [1.54, 1.807) is 31.3 Å². The van der Waals surface area contributed by atoms with Crippen LogP contribution in [0.4, 0.5) is 10.5 Å². The van der Waals surface area contributed by atoms with Gasteiger partial charge >= 0.3 is 5.97 Å². The molecule has 20 heavy (non-hydrogen) atoms. The van der Waals surface area contributed by atoms with Crippen LogP contribution < -0.4 is 10.2 Å². The molecule has 0 aliphatic carbocycles. The Morgan fingerprint density at radius 1 is 1.40 bits per heavy atom. The van der Waals surface area contributed by atoms with Gasteiger partial charge in [0.1, 0.15) is 6.04 Å². The van der Waals surface area contributed by atoms with Crippen LogP contribution >= 0.6 is 11.8 Å². The molecule has 0 radical (unpaired) electrons. The van der Waals surface area contributed by atoms with E-state index in [4.69, 9.17) is 4.74 Å². The number of carbonyl (C=O) groups is 3. The first-order valence-corrected chi connectivity index (χ1v) is 6.91.